The molecule has 0 saturated carbocycles. The maximum Gasteiger partial charge on any atom is 0.331 e. The van der Waals surface area contributed by atoms with Gasteiger partial charge in [-0.25, -0.2) is 4.79 Å². The molecule has 1 heterocycles. The maximum absolute atomic E-state index is 12.1. The largest absolute Gasteiger partial charge is 0.467 e. The van der Waals surface area contributed by atoms with Crippen LogP contribution in [0.1, 0.15) is 30.8 Å². The van der Waals surface area contributed by atoms with Gasteiger partial charge in [0.2, 0.25) is 0 Å². The summed E-state index contributed by atoms with van der Waals surface area (Å²) in [7, 11) is 3.07. The third-order valence-electron chi connectivity index (χ3n) is 2.94. The lowest BCUT2D eigenvalue weighted by molar-refractivity contribution is -0.147. The number of rotatable bonds is 4. The Morgan fingerprint density at radius 1 is 1.56 bits per heavy atom. The van der Waals surface area contributed by atoms with Gasteiger partial charge in [-0.3, -0.25) is 4.79 Å². The van der Waals surface area contributed by atoms with Crippen LogP contribution in [0.3, 0.4) is 0 Å². The van der Waals surface area contributed by atoms with Crippen LogP contribution in [0.4, 0.5) is 0 Å². The molecule has 1 atom stereocenters. The average Bonchev–Trinajstić information content (AvgIpc) is 2.67. The van der Waals surface area contributed by atoms with Gasteiger partial charge in [0.1, 0.15) is 11.2 Å². The van der Waals surface area contributed by atoms with Crippen molar-refractivity contribution in [3.63, 3.8) is 0 Å². The smallest absolute Gasteiger partial charge is 0.331 e. The lowest BCUT2D eigenvalue weighted by Crippen LogP contribution is -2.52. The first-order valence-electron chi connectivity index (χ1n) is 5.57. The van der Waals surface area contributed by atoms with E-state index < -0.39 is 11.5 Å². The summed E-state index contributed by atoms with van der Waals surface area (Å²) >= 11 is 3.30. The Hall–Kier alpha value is -1.30. The maximum atomic E-state index is 12.1. The molecule has 0 radical (unpaired) electrons. The number of nitrogens with zero attached hydrogens (tertiary/aromatic N) is 1. The molecule has 18 heavy (non-hydrogen) atoms. The summed E-state index contributed by atoms with van der Waals surface area (Å²) in [6, 6.07) is 1.70. The molecule has 0 fully saturated rings. The predicted octanol–water partition coefficient (Wildman–Crippen LogP) is 1.86. The molecule has 1 unspecified atom stereocenters. The van der Waals surface area contributed by atoms with E-state index in [0.717, 1.165) is 4.47 Å². The molecule has 0 aliphatic heterocycles. The number of carbonyl (C=O) groups excluding carboxylic acids is 2. The number of methoxy groups -OCH3 is 1. The Morgan fingerprint density at radius 2 is 2.17 bits per heavy atom. The van der Waals surface area contributed by atoms with E-state index in [1.54, 1.807) is 30.8 Å². The number of ether oxygens (including phenoxy) is 1. The number of carbonyl (C=O) groups is 2. The summed E-state index contributed by atoms with van der Waals surface area (Å²) in [4.78, 5) is 23.8. The van der Waals surface area contributed by atoms with Crippen molar-refractivity contribution in [2.45, 2.75) is 25.8 Å². The fourth-order valence-corrected chi connectivity index (χ4v) is 2.10. The fourth-order valence-electron chi connectivity index (χ4n) is 1.57. The summed E-state index contributed by atoms with van der Waals surface area (Å²) in [5.41, 5.74) is -0.534. The van der Waals surface area contributed by atoms with Crippen molar-refractivity contribution in [3.8, 4) is 0 Å². The van der Waals surface area contributed by atoms with E-state index in [1.165, 1.54) is 7.11 Å². The van der Waals surface area contributed by atoms with Crippen LogP contribution in [0.2, 0.25) is 0 Å². The van der Waals surface area contributed by atoms with E-state index in [-0.39, 0.29) is 5.91 Å². The SMILES string of the molecule is CCC(C)(NC(=O)c1cc(Br)cn1C)C(=O)OC. The Balaban J connectivity index is 2.93. The molecule has 1 amide bonds. The molecular weight excluding hydrogens is 300 g/mol. The average molecular weight is 317 g/mol. The van der Waals surface area contributed by atoms with E-state index in [1.807, 2.05) is 6.92 Å². The van der Waals surface area contributed by atoms with Crippen LogP contribution in [-0.4, -0.2) is 29.1 Å². The molecule has 1 aromatic heterocycles. The highest BCUT2D eigenvalue weighted by molar-refractivity contribution is 9.10. The molecule has 0 aliphatic carbocycles. The number of hydrogen-bond donors (Lipinski definition) is 1. The van der Waals surface area contributed by atoms with Crippen molar-refractivity contribution < 1.29 is 14.3 Å². The van der Waals surface area contributed by atoms with Gasteiger partial charge in [-0.2, -0.15) is 0 Å². The fraction of sp³-hybridized carbons (Fsp3) is 0.500. The molecule has 1 rings (SSSR count). The van der Waals surface area contributed by atoms with Gasteiger partial charge < -0.3 is 14.6 Å². The van der Waals surface area contributed by atoms with Crippen molar-refractivity contribution in [2.24, 2.45) is 7.05 Å². The zero-order valence-corrected chi connectivity index (χ0v) is 12.5. The van der Waals surface area contributed by atoms with Crippen molar-refractivity contribution in [2.75, 3.05) is 7.11 Å². The van der Waals surface area contributed by atoms with Gasteiger partial charge in [-0.05, 0) is 35.3 Å². The van der Waals surface area contributed by atoms with Crippen LogP contribution in [0.15, 0.2) is 16.7 Å². The van der Waals surface area contributed by atoms with Crippen LogP contribution < -0.4 is 5.32 Å². The molecule has 0 aromatic carbocycles. The van der Waals surface area contributed by atoms with Gasteiger partial charge in [-0.1, -0.05) is 6.92 Å². The second-order valence-electron chi connectivity index (χ2n) is 4.29. The molecule has 0 bridgehead atoms. The molecule has 1 aromatic rings. The minimum Gasteiger partial charge on any atom is -0.467 e. The summed E-state index contributed by atoms with van der Waals surface area (Å²) in [6.45, 7) is 3.47. The van der Waals surface area contributed by atoms with Crippen molar-refractivity contribution >= 4 is 27.8 Å². The molecular formula is C12H17BrN2O3. The van der Waals surface area contributed by atoms with Gasteiger partial charge in [-0.15, -0.1) is 0 Å². The number of amides is 1. The lowest BCUT2D eigenvalue weighted by atomic mass is 9.99. The minimum atomic E-state index is -1.01. The number of halogens is 1. The number of esters is 1. The highest BCUT2D eigenvalue weighted by Crippen LogP contribution is 2.16. The Morgan fingerprint density at radius 3 is 2.56 bits per heavy atom. The van der Waals surface area contributed by atoms with E-state index in [4.69, 9.17) is 4.74 Å². The zero-order chi connectivity index (χ0) is 13.9. The Bertz CT molecular complexity index is 470. The summed E-state index contributed by atoms with van der Waals surface area (Å²) in [5.74, 6) is -0.760. The van der Waals surface area contributed by atoms with Crippen LogP contribution in [0.25, 0.3) is 0 Å². The van der Waals surface area contributed by atoms with Gasteiger partial charge in [0, 0.05) is 17.7 Å². The first-order valence-corrected chi connectivity index (χ1v) is 6.36. The van der Waals surface area contributed by atoms with E-state index >= 15 is 0 Å². The van der Waals surface area contributed by atoms with E-state index in [2.05, 4.69) is 21.2 Å². The van der Waals surface area contributed by atoms with Crippen LogP contribution in [-0.2, 0) is 16.6 Å². The van der Waals surface area contributed by atoms with E-state index in [9.17, 15) is 9.59 Å². The lowest BCUT2D eigenvalue weighted by Gasteiger charge is -2.26. The third-order valence-corrected chi connectivity index (χ3v) is 3.37. The number of aryl methyl sites for hydroxylation is 1. The topological polar surface area (TPSA) is 60.3 Å². The summed E-state index contributed by atoms with van der Waals surface area (Å²) in [5, 5.41) is 2.71. The normalized spacial score (nSPS) is 13.8. The second kappa shape index (κ2) is 5.56. The van der Waals surface area contributed by atoms with Crippen molar-refractivity contribution in [1.29, 1.82) is 0 Å². The van der Waals surface area contributed by atoms with Gasteiger partial charge in [0.05, 0.1) is 7.11 Å². The monoisotopic (exact) mass is 316 g/mol. The Labute approximate surface area is 115 Å². The molecule has 5 nitrogen and oxygen atoms in total. The highest BCUT2D eigenvalue weighted by atomic mass is 79.9. The van der Waals surface area contributed by atoms with Crippen LogP contribution in [0, 0.1) is 0 Å². The first-order chi connectivity index (χ1) is 8.34. The minimum absolute atomic E-state index is 0.307. The summed E-state index contributed by atoms with van der Waals surface area (Å²) in [6.07, 6.45) is 2.23. The van der Waals surface area contributed by atoms with Crippen molar-refractivity contribution in [3.05, 3.63) is 22.4 Å². The second-order valence-corrected chi connectivity index (χ2v) is 5.20. The Kier molecular flexibility index (Phi) is 4.56. The molecule has 0 saturated heterocycles. The molecule has 6 heteroatoms. The number of aromatic nitrogens is 1. The standard InChI is InChI=1S/C12H17BrN2O3/c1-5-12(2,11(17)18-4)14-10(16)9-6-8(13)7-15(9)3/h6-7H,5H2,1-4H3,(H,14,16). The number of hydrogen-bond acceptors (Lipinski definition) is 3. The van der Waals surface area contributed by atoms with Gasteiger partial charge >= 0.3 is 5.97 Å². The third kappa shape index (κ3) is 2.93. The highest BCUT2D eigenvalue weighted by Gasteiger charge is 2.34. The van der Waals surface area contributed by atoms with Crippen LogP contribution >= 0.6 is 15.9 Å². The van der Waals surface area contributed by atoms with Crippen LogP contribution in [0.5, 0.6) is 0 Å². The first kappa shape index (κ1) is 14.8. The quantitative estimate of drug-likeness (QED) is 0.862. The summed E-state index contributed by atoms with van der Waals surface area (Å²) < 4.78 is 7.21. The van der Waals surface area contributed by atoms with Gasteiger partial charge in [0.15, 0.2) is 0 Å². The van der Waals surface area contributed by atoms with Crippen molar-refractivity contribution in [1.82, 2.24) is 9.88 Å². The van der Waals surface area contributed by atoms with Gasteiger partial charge in [0.25, 0.3) is 5.91 Å². The molecule has 100 valence electrons. The van der Waals surface area contributed by atoms with E-state index in [0.29, 0.717) is 12.1 Å². The predicted molar refractivity (Wildman–Crippen MR) is 71.3 cm³/mol. The molecule has 0 aliphatic rings. The molecule has 1 N–H and O–H groups in total. The number of nitrogens with one attached hydrogen (secondary N) is 1. The molecule has 0 spiro atoms. The zero-order valence-electron chi connectivity index (χ0n) is 10.9.